The van der Waals surface area contributed by atoms with Crippen molar-refractivity contribution in [2.24, 2.45) is 11.1 Å². The predicted octanol–water partition coefficient (Wildman–Crippen LogP) is 0.113. The summed E-state index contributed by atoms with van der Waals surface area (Å²) >= 11 is 0. The smallest absolute Gasteiger partial charge is 0.199 e. The van der Waals surface area contributed by atoms with Gasteiger partial charge in [0.15, 0.2) is 5.79 Å². The van der Waals surface area contributed by atoms with Crippen LogP contribution in [0.15, 0.2) is 0 Å². The Morgan fingerprint density at radius 1 is 1.38 bits per heavy atom. The van der Waals surface area contributed by atoms with Crippen LogP contribution in [0.5, 0.6) is 0 Å². The van der Waals surface area contributed by atoms with Gasteiger partial charge >= 0.3 is 0 Å². The molecule has 0 aliphatic carbocycles. The SMILES string of the molecule is CC1(C)COCC12OCC(CN)O2. The van der Waals surface area contributed by atoms with Gasteiger partial charge in [-0.2, -0.15) is 0 Å². The van der Waals surface area contributed by atoms with E-state index >= 15 is 0 Å². The van der Waals surface area contributed by atoms with Crippen LogP contribution in [-0.4, -0.2) is 38.3 Å². The maximum absolute atomic E-state index is 5.80. The van der Waals surface area contributed by atoms with Crippen molar-refractivity contribution in [2.75, 3.05) is 26.4 Å². The molecule has 2 aliphatic rings. The van der Waals surface area contributed by atoms with Gasteiger partial charge in [-0.15, -0.1) is 0 Å². The number of hydrogen-bond donors (Lipinski definition) is 1. The van der Waals surface area contributed by atoms with Gasteiger partial charge < -0.3 is 19.9 Å². The molecule has 0 bridgehead atoms. The first-order valence-electron chi connectivity index (χ1n) is 4.69. The number of hydrogen-bond acceptors (Lipinski definition) is 4. The molecular formula is C9H17NO3. The van der Waals surface area contributed by atoms with E-state index in [0.29, 0.717) is 26.4 Å². The van der Waals surface area contributed by atoms with Crippen molar-refractivity contribution in [2.45, 2.75) is 25.7 Å². The second kappa shape index (κ2) is 2.92. The first kappa shape index (κ1) is 9.40. The molecule has 2 saturated heterocycles. The van der Waals surface area contributed by atoms with Crippen molar-refractivity contribution in [1.82, 2.24) is 0 Å². The van der Waals surface area contributed by atoms with Crippen molar-refractivity contribution in [1.29, 1.82) is 0 Å². The minimum absolute atomic E-state index is 0.0287. The van der Waals surface area contributed by atoms with E-state index in [2.05, 4.69) is 13.8 Å². The van der Waals surface area contributed by atoms with E-state index in [1.54, 1.807) is 0 Å². The van der Waals surface area contributed by atoms with E-state index in [1.807, 2.05) is 0 Å². The van der Waals surface area contributed by atoms with Crippen LogP contribution in [-0.2, 0) is 14.2 Å². The van der Waals surface area contributed by atoms with Gasteiger partial charge in [0.1, 0.15) is 6.61 Å². The predicted molar refractivity (Wildman–Crippen MR) is 47.2 cm³/mol. The van der Waals surface area contributed by atoms with Gasteiger partial charge in [0.25, 0.3) is 0 Å². The zero-order valence-corrected chi connectivity index (χ0v) is 8.21. The second-order valence-corrected chi connectivity index (χ2v) is 4.42. The summed E-state index contributed by atoms with van der Waals surface area (Å²) in [5.41, 5.74) is 5.45. The van der Waals surface area contributed by atoms with Crippen molar-refractivity contribution >= 4 is 0 Å². The molecule has 2 unspecified atom stereocenters. The average Bonchev–Trinajstić information content (AvgIpc) is 2.60. The lowest BCUT2D eigenvalue weighted by Crippen LogP contribution is -2.45. The van der Waals surface area contributed by atoms with Gasteiger partial charge in [-0.25, -0.2) is 0 Å². The summed E-state index contributed by atoms with van der Waals surface area (Å²) in [5, 5.41) is 0. The molecule has 0 amide bonds. The molecule has 0 radical (unpaired) electrons. The molecule has 1 spiro atoms. The van der Waals surface area contributed by atoms with E-state index in [-0.39, 0.29) is 11.5 Å². The molecule has 0 aromatic heterocycles. The summed E-state index contributed by atoms with van der Waals surface area (Å²) in [5.74, 6) is -0.545. The molecule has 2 N–H and O–H groups in total. The topological polar surface area (TPSA) is 53.7 Å². The quantitative estimate of drug-likeness (QED) is 0.633. The van der Waals surface area contributed by atoms with Crippen LogP contribution < -0.4 is 5.73 Å². The van der Waals surface area contributed by atoms with Crippen LogP contribution in [0.25, 0.3) is 0 Å². The Morgan fingerprint density at radius 3 is 2.62 bits per heavy atom. The Hall–Kier alpha value is -0.160. The van der Waals surface area contributed by atoms with Gasteiger partial charge in [0.2, 0.25) is 0 Å². The third kappa shape index (κ3) is 1.29. The second-order valence-electron chi connectivity index (χ2n) is 4.42. The van der Waals surface area contributed by atoms with Crippen LogP contribution >= 0.6 is 0 Å². The first-order chi connectivity index (χ1) is 6.10. The van der Waals surface area contributed by atoms with Gasteiger partial charge in [0.05, 0.1) is 19.3 Å². The Bertz CT molecular complexity index is 207. The van der Waals surface area contributed by atoms with Crippen LogP contribution in [0.4, 0.5) is 0 Å². The summed E-state index contributed by atoms with van der Waals surface area (Å²) in [4.78, 5) is 0. The standard InChI is InChI=1S/C9H17NO3/c1-8(2)5-11-6-9(8)12-4-7(3-10)13-9/h7H,3-6,10H2,1-2H3. The zero-order chi connectivity index (χ0) is 9.53. The lowest BCUT2D eigenvalue weighted by molar-refractivity contribution is -0.212. The van der Waals surface area contributed by atoms with E-state index < -0.39 is 5.79 Å². The van der Waals surface area contributed by atoms with Crippen molar-refractivity contribution in [3.63, 3.8) is 0 Å². The highest BCUT2D eigenvalue weighted by molar-refractivity contribution is 4.96. The molecular weight excluding hydrogens is 170 g/mol. The molecule has 2 aliphatic heterocycles. The van der Waals surface area contributed by atoms with Gasteiger partial charge in [-0.05, 0) is 0 Å². The van der Waals surface area contributed by atoms with Gasteiger partial charge in [-0.1, -0.05) is 13.8 Å². The van der Waals surface area contributed by atoms with Crippen molar-refractivity contribution < 1.29 is 14.2 Å². The summed E-state index contributed by atoms with van der Waals surface area (Å²) < 4.78 is 16.9. The Labute approximate surface area is 78.3 Å². The summed E-state index contributed by atoms with van der Waals surface area (Å²) in [6.45, 7) is 6.50. The maximum atomic E-state index is 5.80. The monoisotopic (exact) mass is 187 g/mol. The Morgan fingerprint density at radius 2 is 2.15 bits per heavy atom. The normalized spacial score (nSPS) is 43.2. The average molecular weight is 187 g/mol. The van der Waals surface area contributed by atoms with E-state index in [1.165, 1.54) is 0 Å². The molecule has 4 nitrogen and oxygen atoms in total. The molecule has 4 heteroatoms. The minimum atomic E-state index is -0.545. The molecule has 0 aromatic rings. The number of nitrogens with two attached hydrogens (primary N) is 1. The highest BCUT2D eigenvalue weighted by Gasteiger charge is 2.56. The van der Waals surface area contributed by atoms with Gasteiger partial charge in [0, 0.05) is 12.0 Å². The Kier molecular flexibility index (Phi) is 2.11. The fraction of sp³-hybridized carbons (Fsp3) is 1.00. The summed E-state index contributed by atoms with van der Waals surface area (Å²) in [6, 6.07) is 0. The largest absolute Gasteiger partial charge is 0.375 e. The lowest BCUT2D eigenvalue weighted by Gasteiger charge is -2.33. The highest BCUT2D eigenvalue weighted by atomic mass is 16.8. The zero-order valence-electron chi connectivity index (χ0n) is 8.21. The highest BCUT2D eigenvalue weighted by Crippen LogP contribution is 2.44. The molecule has 76 valence electrons. The van der Waals surface area contributed by atoms with Crippen molar-refractivity contribution in [3.8, 4) is 0 Å². The number of rotatable bonds is 1. The summed E-state index contributed by atoms with van der Waals surface area (Å²) in [7, 11) is 0. The third-order valence-electron chi connectivity index (χ3n) is 2.91. The van der Waals surface area contributed by atoms with Crippen LogP contribution in [0.2, 0.25) is 0 Å². The van der Waals surface area contributed by atoms with E-state index in [4.69, 9.17) is 19.9 Å². The summed E-state index contributed by atoms with van der Waals surface area (Å²) in [6.07, 6.45) is 0.0287. The molecule has 0 aromatic carbocycles. The maximum Gasteiger partial charge on any atom is 0.199 e. The van der Waals surface area contributed by atoms with E-state index in [0.717, 1.165) is 0 Å². The fourth-order valence-corrected chi connectivity index (χ4v) is 1.86. The molecule has 2 fully saturated rings. The first-order valence-corrected chi connectivity index (χ1v) is 4.69. The molecule has 0 saturated carbocycles. The molecule has 13 heavy (non-hydrogen) atoms. The fourth-order valence-electron chi connectivity index (χ4n) is 1.86. The van der Waals surface area contributed by atoms with E-state index in [9.17, 15) is 0 Å². The van der Waals surface area contributed by atoms with Gasteiger partial charge in [-0.3, -0.25) is 0 Å². The van der Waals surface area contributed by atoms with Crippen LogP contribution in [0.1, 0.15) is 13.8 Å². The Balaban J connectivity index is 2.13. The third-order valence-corrected chi connectivity index (χ3v) is 2.91. The number of ether oxygens (including phenoxy) is 3. The molecule has 2 atom stereocenters. The molecule has 2 rings (SSSR count). The van der Waals surface area contributed by atoms with Crippen LogP contribution in [0, 0.1) is 5.41 Å². The minimum Gasteiger partial charge on any atom is -0.375 e. The lowest BCUT2D eigenvalue weighted by atomic mass is 9.86. The molecule has 2 heterocycles. The van der Waals surface area contributed by atoms with Crippen LogP contribution in [0.3, 0.4) is 0 Å². The van der Waals surface area contributed by atoms with Crippen molar-refractivity contribution in [3.05, 3.63) is 0 Å².